The second-order valence-corrected chi connectivity index (χ2v) is 5.35. The number of halogens is 1. The highest BCUT2D eigenvalue weighted by Gasteiger charge is 2.35. The van der Waals surface area contributed by atoms with Crippen molar-refractivity contribution in [3.05, 3.63) is 34.2 Å². The summed E-state index contributed by atoms with van der Waals surface area (Å²) in [6, 6.07) is 8.50. The van der Waals surface area contributed by atoms with Gasteiger partial charge in [-0.25, -0.2) is 0 Å². The molecule has 1 saturated carbocycles. The van der Waals surface area contributed by atoms with Crippen LogP contribution in [0.2, 0.25) is 5.82 Å². The molecule has 1 aromatic carbocycles. The third kappa shape index (κ3) is 1.63. The van der Waals surface area contributed by atoms with E-state index in [1.165, 1.54) is 34.9 Å². The van der Waals surface area contributed by atoms with Crippen LogP contribution in [-0.4, -0.2) is 6.85 Å². The molecule has 1 N–H and O–H groups in total. The van der Waals surface area contributed by atoms with E-state index < -0.39 is 0 Å². The number of rotatable bonds is 1. The van der Waals surface area contributed by atoms with Gasteiger partial charge in [-0.05, 0) is 27.9 Å². The Morgan fingerprint density at radius 3 is 2.80 bits per heavy atom. The molecule has 0 unspecified atom stereocenters. The zero-order valence-electron chi connectivity index (χ0n) is 8.54. The highest BCUT2D eigenvalue weighted by atomic mass is 79.9. The Bertz CT molecular complexity index is 412. The molecular weight excluding hydrogens is 249 g/mol. The van der Waals surface area contributed by atoms with Crippen molar-refractivity contribution in [1.29, 1.82) is 0 Å². The zero-order valence-corrected chi connectivity index (χ0v) is 10.1. The van der Waals surface area contributed by atoms with Gasteiger partial charge in [0.25, 0.3) is 6.85 Å². The quantitative estimate of drug-likeness (QED) is 0.756. The lowest BCUT2D eigenvalue weighted by Gasteiger charge is -2.34. The molecule has 1 nitrogen and oxygen atoms in total. The van der Waals surface area contributed by atoms with Crippen molar-refractivity contribution < 1.29 is 0 Å². The van der Waals surface area contributed by atoms with E-state index in [-0.39, 0.29) is 0 Å². The Labute approximate surface area is 99.2 Å². The standard InChI is InChI=1S/C12H13BBrN/c14-12-8-9-4-1-2-7-11(9)15-13(12)10-5-3-6-10/h1-2,4,7-8,10,15H,3,5-6H2. The predicted molar refractivity (Wildman–Crippen MR) is 70.3 cm³/mol. The summed E-state index contributed by atoms with van der Waals surface area (Å²) in [5, 5.41) is 3.63. The fourth-order valence-corrected chi connectivity index (χ4v) is 3.08. The normalized spacial score (nSPS) is 20.1. The first-order valence-corrected chi connectivity index (χ1v) is 6.36. The van der Waals surface area contributed by atoms with E-state index in [1.54, 1.807) is 0 Å². The summed E-state index contributed by atoms with van der Waals surface area (Å²) in [4.78, 5) is 0. The topological polar surface area (TPSA) is 12.0 Å². The maximum absolute atomic E-state index is 3.70. The number of benzene rings is 1. The largest absolute Gasteiger partial charge is 0.423 e. The maximum atomic E-state index is 3.70. The summed E-state index contributed by atoms with van der Waals surface area (Å²) < 4.78 is 1.31. The van der Waals surface area contributed by atoms with E-state index in [1.807, 2.05) is 0 Å². The number of nitrogens with one attached hydrogen (secondary N) is 1. The summed E-state index contributed by atoms with van der Waals surface area (Å²) in [6.07, 6.45) is 6.38. The van der Waals surface area contributed by atoms with Crippen molar-refractivity contribution in [2.45, 2.75) is 25.1 Å². The Morgan fingerprint density at radius 2 is 2.07 bits per heavy atom. The Morgan fingerprint density at radius 1 is 1.27 bits per heavy atom. The molecule has 1 fully saturated rings. The van der Waals surface area contributed by atoms with Gasteiger partial charge in [0.1, 0.15) is 0 Å². The smallest absolute Gasteiger partial charge is 0.296 e. The Kier molecular flexibility index (Phi) is 2.36. The lowest BCUT2D eigenvalue weighted by Crippen LogP contribution is -2.36. The minimum atomic E-state index is 0.508. The summed E-state index contributed by atoms with van der Waals surface area (Å²) in [5.41, 5.74) is 2.57. The highest BCUT2D eigenvalue weighted by molar-refractivity contribution is 9.12. The van der Waals surface area contributed by atoms with Crippen LogP contribution in [0.25, 0.3) is 6.08 Å². The summed E-state index contributed by atoms with van der Waals surface area (Å²) in [7, 11) is 0. The zero-order chi connectivity index (χ0) is 10.3. The van der Waals surface area contributed by atoms with Gasteiger partial charge < -0.3 is 5.23 Å². The Balaban J connectivity index is 1.93. The summed E-state index contributed by atoms with van der Waals surface area (Å²) in [5.74, 6) is 0.823. The van der Waals surface area contributed by atoms with Crippen LogP contribution < -0.4 is 5.23 Å². The first kappa shape index (κ1) is 9.53. The van der Waals surface area contributed by atoms with Gasteiger partial charge in [-0.1, -0.05) is 53.4 Å². The first-order valence-electron chi connectivity index (χ1n) is 5.57. The molecule has 0 spiro atoms. The molecule has 0 saturated heterocycles. The van der Waals surface area contributed by atoms with E-state index in [0.29, 0.717) is 6.85 Å². The SMILES string of the molecule is BrC1=Cc2ccccc2NB1C1CCC1. The van der Waals surface area contributed by atoms with E-state index >= 15 is 0 Å². The molecule has 2 aliphatic rings. The van der Waals surface area contributed by atoms with Gasteiger partial charge in [-0.2, -0.15) is 0 Å². The van der Waals surface area contributed by atoms with Crippen molar-refractivity contribution in [1.82, 2.24) is 0 Å². The van der Waals surface area contributed by atoms with Crippen LogP contribution in [0.3, 0.4) is 0 Å². The van der Waals surface area contributed by atoms with Gasteiger partial charge in [-0.15, -0.1) is 0 Å². The van der Waals surface area contributed by atoms with E-state index in [0.717, 1.165) is 5.82 Å². The molecular formula is C12H13BBrN. The fraction of sp³-hybridized carbons (Fsp3) is 0.333. The van der Waals surface area contributed by atoms with E-state index in [9.17, 15) is 0 Å². The molecule has 0 amide bonds. The van der Waals surface area contributed by atoms with Gasteiger partial charge in [0.15, 0.2) is 0 Å². The van der Waals surface area contributed by atoms with Crippen LogP contribution >= 0.6 is 15.9 Å². The molecule has 1 aromatic rings. The molecule has 3 rings (SSSR count). The van der Waals surface area contributed by atoms with Crippen molar-refractivity contribution in [2.75, 3.05) is 5.23 Å². The average molecular weight is 262 g/mol. The third-order valence-electron chi connectivity index (χ3n) is 3.48. The van der Waals surface area contributed by atoms with Gasteiger partial charge in [0.2, 0.25) is 0 Å². The monoisotopic (exact) mass is 261 g/mol. The lowest BCUT2D eigenvalue weighted by molar-refractivity contribution is 0.495. The van der Waals surface area contributed by atoms with Crippen LogP contribution in [0.4, 0.5) is 5.69 Å². The number of hydrogen-bond acceptors (Lipinski definition) is 1. The molecule has 0 aromatic heterocycles. The molecule has 1 aliphatic carbocycles. The fourth-order valence-electron chi connectivity index (χ4n) is 2.35. The molecule has 15 heavy (non-hydrogen) atoms. The highest BCUT2D eigenvalue weighted by Crippen LogP contribution is 2.41. The van der Waals surface area contributed by atoms with Gasteiger partial charge >= 0.3 is 0 Å². The molecule has 0 radical (unpaired) electrons. The van der Waals surface area contributed by atoms with Crippen molar-refractivity contribution >= 4 is 34.5 Å². The van der Waals surface area contributed by atoms with Crippen LogP contribution in [0.1, 0.15) is 24.8 Å². The summed E-state index contributed by atoms with van der Waals surface area (Å²) in [6.45, 7) is 0.508. The van der Waals surface area contributed by atoms with Gasteiger partial charge in [0.05, 0.1) is 0 Å². The van der Waals surface area contributed by atoms with E-state index in [2.05, 4.69) is 51.5 Å². The van der Waals surface area contributed by atoms with E-state index in [4.69, 9.17) is 0 Å². The average Bonchev–Trinajstić information content (AvgIpc) is 2.16. The first-order chi connectivity index (χ1) is 7.34. The molecule has 0 atom stereocenters. The van der Waals surface area contributed by atoms with Gasteiger partial charge in [-0.3, -0.25) is 0 Å². The molecule has 3 heteroatoms. The number of fused-ring (bicyclic) bond motifs is 1. The van der Waals surface area contributed by atoms with Crippen LogP contribution in [0, 0.1) is 0 Å². The third-order valence-corrected chi connectivity index (χ3v) is 4.21. The maximum Gasteiger partial charge on any atom is 0.296 e. The molecule has 1 aliphatic heterocycles. The Hall–Kier alpha value is -0.695. The lowest BCUT2D eigenvalue weighted by atomic mass is 9.44. The second-order valence-electron chi connectivity index (χ2n) is 4.43. The molecule has 0 bridgehead atoms. The molecule has 76 valence electrons. The molecule has 1 heterocycles. The summed E-state index contributed by atoms with van der Waals surface area (Å²) >= 11 is 3.70. The number of para-hydroxylation sites is 1. The van der Waals surface area contributed by atoms with Crippen LogP contribution in [0.5, 0.6) is 0 Å². The van der Waals surface area contributed by atoms with Crippen molar-refractivity contribution in [3.8, 4) is 0 Å². The predicted octanol–water partition coefficient (Wildman–Crippen LogP) is 3.93. The van der Waals surface area contributed by atoms with Crippen LogP contribution in [0.15, 0.2) is 28.6 Å². The van der Waals surface area contributed by atoms with Crippen molar-refractivity contribution in [2.24, 2.45) is 0 Å². The number of anilines is 1. The van der Waals surface area contributed by atoms with Gasteiger partial charge in [0, 0.05) is 5.69 Å². The second kappa shape index (κ2) is 3.71. The van der Waals surface area contributed by atoms with Crippen molar-refractivity contribution in [3.63, 3.8) is 0 Å². The minimum absolute atomic E-state index is 0.508. The van der Waals surface area contributed by atoms with Crippen LogP contribution in [-0.2, 0) is 0 Å². The minimum Gasteiger partial charge on any atom is -0.423 e. The number of hydrogen-bond donors (Lipinski definition) is 1.